The lowest BCUT2D eigenvalue weighted by molar-refractivity contribution is -0.385. The van der Waals surface area contributed by atoms with Gasteiger partial charge in [0.1, 0.15) is 11.4 Å². The minimum absolute atomic E-state index is 0. The molecule has 0 heterocycles. The van der Waals surface area contributed by atoms with Crippen LogP contribution in [0.5, 0.6) is 0 Å². The van der Waals surface area contributed by atoms with Gasteiger partial charge >= 0.3 is 12.4 Å². The SMILES string of the molecule is C.C.C.C.C.CNC(=O)c1c(C)cccc1Cl.CNC(=O)c1c(Cl)cccc1Cl.CNC(=O)c1cc(C(F)(F)F)ccc1Cl.CNC(=O)c1ccc(F)cc1C(F)(F)F.CNC(=O)c1ccc([N+](=O)[O-])cc1C.CNC(=O)c1ccccc1[N+](=O)[O-]. The van der Waals surface area contributed by atoms with Crippen molar-refractivity contribution in [3.05, 3.63) is 217 Å². The first kappa shape index (κ1) is 86.4. The van der Waals surface area contributed by atoms with Crippen molar-refractivity contribution < 1.29 is 69.3 Å². The lowest BCUT2D eigenvalue weighted by Gasteiger charge is -2.11. The van der Waals surface area contributed by atoms with Gasteiger partial charge < -0.3 is 31.9 Å². The van der Waals surface area contributed by atoms with Crippen molar-refractivity contribution in [3.63, 3.8) is 0 Å². The molecule has 474 valence electrons. The predicted molar refractivity (Wildman–Crippen MR) is 325 cm³/mol. The first-order chi connectivity index (χ1) is 37.8. The normalized spacial score (nSPS) is 9.57. The number of benzene rings is 6. The summed E-state index contributed by atoms with van der Waals surface area (Å²) in [6.07, 6.45) is -9.22. The summed E-state index contributed by atoms with van der Waals surface area (Å²) in [5.41, 5.74) is -0.233. The minimum atomic E-state index is -4.75. The van der Waals surface area contributed by atoms with E-state index in [1.54, 1.807) is 44.3 Å². The van der Waals surface area contributed by atoms with Crippen molar-refractivity contribution in [2.45, 2.75) is 63.3 Å². The summed E-state index contributed by atoms with van der Waals surface area (Å²) in [5, 5.41) is 36.1. The van der Waals surface area contributed by atoms with Crippen LogP contribution in [0.25, 0.3) is 0 Å². The molecule has 0 saturated heterocycles. The first-order valence-corrected chi connectivity index (χ1v) is 24.0. The number of non-ortho nitro benzene ring substituents is 1. The van der Waals surface area contributed by atoms with E-state index in [1.807, 2.05) is 19.1 Å². The first-order valence-electron chi connectivity index (χ1n) is 22.5. The van der Waals surface area contributed by atoms with Gasteiger partial charge in [-0.25, -0.2) is 4.39 Å². The fourth-order valence-corrected chi connectivity index (χ4v) is 7.17. The van der Waals surface area contributed by atoms with E-state index in [-0.39, 0.29) is 82.4 Å². The van der Waals surface area contributed by atoms with Crippen LogP contribution in [0, 0.1) is 39.9 Å². The van der Waals surface area contributed by atoms with Crippen LogP contribution in [0.1, 0.15) is 122 Å². The largest absolute Gasteiger partial charge is 0.417 e. The number of amides is 6. The minimum Gasteiger partial charge on any atom is -0.355 e. The second-order valence-corrected chi connectivity index (χ2v) is 17.0. The van der Waals surface area contributed by atoms with Gasteiger partial charge in [0, 0.05) is 66.0 Å². The Morgan fingerprint density at radius 3 is 1.27 bits per heavy atom. The van der Waals surface area contributed by atoms with E-state index in [4.69, 9.17) is 46.4 Å². The summed E-state index contributed by atoms with van der Waals surface area (Å²) < 4.78 is 86.6. The number of para-hydroxylation sites is 1. The van der Waals surface area contributed by atoms with Crippen molar-refractivity contribution in [3.8, 4) is 0 Å². The van der Waals surface area contributed by atoms with E-state index in [1.165, 1.54) is 71.6 Å². The van der Waals surface area contributed by atoms with Gasteiger partial charge in [0.25, 0.3) is 46.8 Å². The number of hydrogen-bond acceptors (Lipinski definition) is 10. The van der Waals surface area contributed by atoms with E-state index in [2.05, 4.69) is 31.9 Å². The number of carbonyl (C=O) groups excluding carboxylic acids is 6. The number of hydrogen-bond donors (Lipinski definition) is 6. The Morgan fingerprint density at radius 2 is 0.837 bits per heavy atom. The molecule has 0 radical (unpaired) electrons. The van der Waals surface area contributed by atoms with Crippen LogP contribution in [0.3, 0.4) is 0 Å². The third kappa shape index (κ3) is 26.7. The molecular weight excluding hydrogens is 1230 g/mol. The molecule has 6 amide bonds. The second-order valence-electron chi connectivity index (χ2n) is 15.4. The molecule has 0 bridgehead atoms. The van der Waals surface area contributed by atoms with Crippen LogP contribution >= 0.6 is 46.4 Å². The Bertz CT molecular complexity index is 3140. The van der Waals surface area contributed by atoms with E-state index in [0.29, 0.717) is 43.4 Å². The number of halogens is 11. The topological polar surface area (TPSA) is 261 Å². The second kappa shape index (κ2) is 40.8. The number of aryl methyl sites for hydroxylation is 2. The molecule has 0 aliphatic rings. The van der Waals surface area contributed by atoms with E-state index >= 15 is 0 Å². The highest BCUT2D eigenvalue weighted by Gasteiger charge is 2.35. The molecule has 0 saturated carbocycles. The quantitative estimate of drug-likeness (QED) is 0.0477. The van der Waals surface area contributed by atoms with Crippen LogP contribution < -0.4 is 31.9 Å². The molecule has 0 aromatic heterocycles. The smallest absolute Gasteiger partial charge is 0.355 e. The van der Waals surface area contributed by atoms with E-state index in [9.17, 15) is 79.7 Å². The van der Waals surface area contributed by atoms with Crippen LogP contribution in [0.15, 0.2) is 115 Å². The summed E-state index contributed by atoms with van der Waals surface area (Å²) >= 11 is 22.9. The fourth-order valence-electron chi connectivity index (χ4n) is 6.09. The Morgan fingerprint density at radius 1 is 0.419 bits per heavy atom. The molecule has 0 fully saturated rings. The third-order valence-corrected chi connectivity index (χ3v) is 11.4. The Hall–Kier alpha value is -8.39. The molecular formula is C57H69Cl4F7N8O10. The lowest BCUT2D eigenvalue weighted by Crippen LogP contribution is -2.22. The number of alkyl halides is 6. The van der Waals surface area contributed by atoms with Crippen molar-refractivity contribution in [1.82, 2.24) is 31.9 Å². The van der Waals surface area contributed by atoms with Crippen molar-refractivity contribution in [1.29, 1.82) is 0 Å². The molecule has 0 atom stereocenters. The monoisotopic (exact) mass is 1300 g/mol. The van der Waals surface area contributed by atoms with Gasteiger partial charge in [-0.05, 0) is 91.7 Å². The summed E-state index contributed by atoms with van der Waals surface area (Å²) in [6.45, 7) is 3.52. The molecule has 6 aromatic carbocycles. The highest BCUT2D eigenvalue weighted by Crippen LogP contribution is 2.33. The number of rotatable bonds is 8. The number of carbonyl (C=O) groups is 6. The molecule has 29 heteroatoms. The summed E-state index contributed by atoms with van der Waals surface area (Å²) in [5.74, 6) is -3.68. The van der Waals surface area contributed by atoms with Gasteiger partial charge in [-0.2, -0.15) is 26.3 Å². The predicted octanol–water partition coefficient (Wildman–Crippen LogP) is 14.7. The maximum Gasteiger partial charge on any atom is 0.417 e. The van der Waals surface area contributed by atoms with Gasteiger partial charge in [-0.3, -0.25) is 49.0 Å². The van der Waals surface area contributed by atoms with Crippen LogP contribution in [-0.2, 0) is 12.4 Å². The Kier molecular flexibility index (Phi) is 41.0. The number of nitrogens with zero attached hydrogens (tertiary/aromatic N) is 2. The summed E-state index contributed by atoms with van der Waals surface area (Å²) in [4.78, 5) is 86.8. The maximum atomic E-state index is 12.6. The third-order valence-electron chi connectivity index (χ3n) is 10.1. The van der Waals surface area contributed by atoms with E-state index < -0.39 is 62.4 Å². The van der Waals surface area contributed by atoms with Crippen molar-refractivity contribution >= 4 is 93.2 Å². The molecule has 18 nitrogen and oxygen atoms in total. The van der Waals surface area contributed by atoms with Crippen LogP contribution in [-0.4, -0.2) is 87.6 Å². The maximum absolute atomic E-state index is 12.6. The summed E-state index contributed by atoms with van der Waals surface area (Å²) in [7, 11) is 8.58. The van der Waals surface area contributed by atoms with Crippen molar-refractivity contribution in [2.24, 2.45) is 0 Å². The highest BCUT2D eigenvalue weighted by molar-refractivity contribution is 6.39. The molecule has 0 unspecified atom stereocenters. The van der Waals surface area contributed by atoms with E-state index in [0.717, 1.165) is 35.9 Å². The highest BCUT2D eigenvalue weighted by atomic mass is 35.5. The molecule has 0 aliphatic heterocycles. The zero-order chi connectivity index (χ0) is 62.1. The van der Waals surface area contributed by atoms with Crippen LogP contribution in [0.4, 0.5) is 42.1 Å². The molecule has 6 aromatic rings. The average molecular weight is 1300 g/mol. The van der Waals surface area contributed by atoms with Crippen molar-refractivity contribution in [2.75, 3.05) is 42.3 Å². The number of nitro groups is 2. The molecule has 0 spiro atoms. The van der Waals surface area contributed by atoms with Crippen LogP contribution in [0.2, 0.25) is 20.1 Å². The lowest BCUT2D eigenvalue weighted by atomic mass is 10.1. The average Bonchev–Trinajstić information content (AvgIpc) is 3.35. The Labute approximate surface area is 514 Å². The number of nitro benzene ring substituents is 2. The van der Waals surface area contributed by atoms with Gasteiger partial charge in [0.2, 0.25) is 0 Å². The number of nitrogens with one attached hydrogen (secondary N) is 6. The van der Waals surface area contributed by atoms with Gasteiger partial charge in [0.15, 0.2) is 0 Å². The zero-order valence-corrected chi connectivity index (χ0v) is 46.6. The zero-order valence-electron chi connectivity index (χ0n) is 43.6. The van der Waals surface area contributed by atoms with Gasteiger partial charge in [-0.1, -0.05) is 114 Å². The summed E-state index contributed by atoms with van der Waals surface area (Å²) in [6, 6.07) is 24.8. The molecule has 6 N–H and O–H groups in total. The molecule has 0 aliphatic carbocycles. The molecule has 6 rings (SSSR count). The fraction of sp³-hybridized carbons (Fsp3) is 0.263. The van der Waals surface area contributed by atoms with Gasteiger partial charge in [-0.15, -0.1) is 0 Å². The molecule has 86 heavy (non-hydrogen) atoms. The van der Waals surface area contributed by atoms with Gasteiger partial charge in [0.05, 0.1) is 63.3 Å². The standard InChI is InChI=1S/C9H7ClF3NO.C9H10ClNO.C9H7F4NO.C9H10N2O3.C8H7Cl2NO.C8H8N2O3.5CH4/c1-14-8(15)6-4-5(9(11,12)13)2-3-7(6)10;1-6-4-3-5-7(10)8(6)9(12)11-2;1-14-8(15)6-3-2-5(10)4-7(6)9(11,12)13;1-6-5-7(11(13)14)3-4-8(6)9(12)10-2;1-11-8(12)7-5(9)3-2-4-6(7)10;1-9-8(11)6-4-2-3-5-7(6)10(12)13;;;;;/h2-4H,1H3,(H,14,15);3-5H,1-2H3,(H,11,12);2-4H,1H3,(H,14,15);3-5H,1-2H3,(H,10,12);2-4H,1H3,(H,11,12);2-5H,1H3,(H,9,11);5*1H4. The Balaban J connectivity index is -0.000000302.